The third-order valence-corrected chi connectivity index (χ3v) is 3.42. The molecular weight excluding hydrogens is 200 g/mol. The minimum absolute atomic E-state index is 0.122. The van der Waals surface area contributed by atoms with Gasteiger partial charge in [-0.3, -0.25) is 4.79 Å². The van der Waals surface area contributed by atoms with Gasteiger partial charge in [-0.2, -0.15) is 0 Å². The number of hydrogen-bond acceptors (Lipinski definition) is 2. The van der Waals surface area contributed by atoms with Crippen LogP contribution >= 0.6 is 0 Å². The van der Waals surface area contributed by atoms with Crippen LogP contribution in [0.2, 0.25) is 0 Å². The number of rotatable bonds is 5. The van der Waals surface area contributed by atoms with Gasteiger partial charge in [0.2, 0.25) is 5.91 Å². The molecule has 0 aromatic rings. The molecule has 1 fully saturated rings. The largest absolute Gasteiger partial charge is 0.344 e. The van der Waals surface area contributed by atoms with Gasteiger partial charge in [0.25, 0.3) is 0 Å². The summed E-state index contributed by atoms with van der Waals surface area (Å²) in [5, 5.41) is 0. The van der Waals surface area contributed by atoms with Crippen molar-refractivity contribution in [3.63, 3.8) is 0 Å². The first kappa shape index (κ1) is 13.2. The molecule has 0 saturated heterocycles. The van der Waals surface area contributed by atoms with Crippen LogP contribution in [0.4, 0.5) is 0 Å². The van der Waals surface area contributed by atoms with Crippen LogP contribution in [0, 0.1) is 0 Å². The second kappa shape index (κ2) is 6.04. The van der Waals surface area contributed by atoms with Gasteiger partial charge in [0.05, 0.1) is 5.54 Å². The fraction of sp³-hybridized carbons (Fsp3) is 0.769. The zero-order chi connectivity index (χ0) is 12.0. The first-order valence-corrected chi connectivity index (χ1v) is 6.25. The number of nitrogens with two attached hydrogens (primary N) is 1. The summed E-state index contributed by atoms with van der Waals surface area (Å²) in [5.41, 5.74) is 5.61. The third-order valence-electron chi connectivity index (χ3n) is 3.42. The maximum absolute atomic E-state index is 12.2. The Labute approximate surface area is 98.7 Å². The fourth-order valence-corrected chi connectivity index (χ4v) is 2.35. The quantitative estimate of drug-likeness (QED) is 0.574. The molecule has 0 radical (unpaired) electrons. The van der Waals surface area contributed by atoms with E-state index >= 15 is 0 Å². The number of carbonyl (C=O) groups is 1. The lowest BCUT2D eigenvalue weighted by molar-refractivity contribution is -0.136. The highest BCUT2D eigenvalue weighted by molar-refractivity contribution is 5.86. The molecule has 0 atom stereocenters. The van der Waals surface area contributed by atoms with Gasteiger partial charge in [-0.05, 0) is 25.7 Å². The van der Waals surface area contributed by atoms with Crippen LogP contribution in [0.1, 0.15) is 44.9 Å². The van der Waals surface area contributed by atoms with Crippen LogP contribution < -0.4 is 5.73 Å². The Bertz CT molecular complexity index is 244. The molecule has 0 spiro atoms. The molecule has 0 heterocycles. The zero-order valence-electron chi connectivity index (χ0n) is 10.4. The Morgan fingerprint density at radius 2 is 2.06 bits per heavy atom. The number of nitrogens with zero attached hydrogens (tertiary/aromatic N) is 1. The summed E-state index contributed by atoms with van der Waals surface area (Å²) >= 11 is 0. The highest BCUT2D eigenvalue weighted by Crippen LogP contribution is 2.27. The maximum Gasteiger partial charge on any atom is 0.242 e. The van der Waals surface area contributed by atoms with Crippen molar-refractivity contribution in [2.75, 3.05) is 13.6 Å². The Balaban J connectivity index is 2.44. The van der Waals surface area contributed by atoms with Crippen molar-refractivity contribution in [1.82, 2.24) is 4.90 Å². The van der Waals surface area contributed by atoms with E-state index in [0.717, 1.165) is 45.1 Å². The number of allylic oxidation sites excluding steroid dienone is 1. The summed E-state index contributed by atoms with van der Waals surface area (Å²) in [4.78, 5) is 14.0. The first-order chi connectivity index (χ1) is 7.60. The number of likely N-dealkylation sites (N-methyl/N-ethyl adjacent to an activating group) is 1. The van der Waals surface area contributed by atoms with Crippen LogP contribution in [0.3, 0.4) is 0 Å². The van der Waals surface area contributed by atoms with E-state index in [4.69, 9.17) is 5.73 Å². The highest BCUT2D eigenvalue weighted by atomic mass is 16.2. The number of hydrogen-bond donors (Lipinski definition) is 1. The van der Waals surface area contributed by atoms with Crippen molar-refractivity contribution in [2.24, 2.45) is 5.73 Å². The molecule has 1 aliphatic carbocycles. The molecule has 16 heavy (non-hydrogen) atoms. The van der Waals surface area contributed by atoms with E-state index in [1.54, 1.807) is 4.90 Å². The van der Waals surface area contributed by atoms with E-state index in [-0.39, 0.29) is 5.91 Å². The molecule has 3 heteroatoms. The summed E-state index contributed by atoms with van der Waals surface area (Å²) in [6.07, 6.45) is 8.89. The minimum Gasteiger partial charge on any atom is -0.344 e. The van der Waals surface area contributed by atoms with Gasteiger partial charge in [-0.1, -0.05) is 25.3 Å². The van der Waals surface area contributed by atoms with Gasteiger partial charge in [-0.25, -0.2) is 0 Å². The van der Waals surface area contributed by atoms with Crippen LogP contribution in [0.15, 0.2) is 12.7 Å². The zero-order valence-corrected chi connectivity index (χ0v) is 10.4. The van der Waals surface area contributed by atoms with Crippen LogP contribution in [-0.4, -0.2) is 29.9 Å². The average molecular weight is 224 g/mol. The van der Waals surface area contributed by atoms with Crippen molar-refractivity contribution in [3.05, 3.63) is 12.7 Å². The maximum atomic E-state index is 12.2. The van der Waals surface area contributed by atoms with Crippen molar-refractivity contribution in [2.45, 2.75) is 50.5 Å². The predicted octanol–water partition coefficient (Wildman–Crippen LogP) is 2.07. The van der Waals surface area contributed by atoms with Gasteiger partial charge in [0, 0.05) is 13.6 Å². The molecule has 0 aromatic heterocycles. The minimum atomic E-state index is -0.582. The van der Waals surface area contributed by atoms with E-state index < -0.39 is 5.54 Å². The SMILES string of the molecule is C=CCCCN(C)C(=O)C1(N)CCCCC1. The van der Waals surface area contributed by atoms with E-state index in [2.05, 4.69) is 6.58 Å². The average Bonchev–Trinajstić information content (AvgIpc) is 2.29. The highest BCUT2D eigenvalue weighted by Gasteiger charge is 2.36. The molecule has 2 N–H and O–H groups in total. The first-order valence-electron chi connectivity index (χ1n) is 6.25. The summed E-state index contributed by atoms with van der Waals surface area (Å²) in [7, 11) is 1.86. The Hall–Kier alpha value is -0.830. The summed E-state index contributed by atoms with van der Waals surface area (Å²) in [5.74, 6) is 0.122. The topological polar surface area (TPSA) is 46.3 Å². The summed E-state index contributed by atoms with van der Waals surface area (Å²) in [6, 6.07) is 0. The fourth-order valence-electron chi connectivity index (χ4n) is 2.35. The second-order valence-corrected chi connectivity index (χ2v) is 4.87. The molecule has 1 aliphatic rings. The van der Waals surface area contributed by atoms with Crippen molar-refractivity contribution in [3.8, 4) is 0 Å². The van der Waals surface area contributed by atoms with E-state index in [0.29, 0.717) is 0 Å². The molecule has 0 aromatic carbocycles. The lowest BCUT2D eigenvalue weighted by atomic mass is 9.81. The number of carbonyl (C=O) groups excluding carboxylic acids is 1. The normalized spacial score (nSPS) is 19.1. The predicted molar refractivity (Wildman–Crippen MR) is 67.1 cm³/mol. The second-order valence-electron chi connectivity index (χ2n) is 4.87. The molecule has 1 amide bonds. The van der Waals surface area contributed by atoms with E-state index in [1.807, 2.05) is 13.1 Å². The van der Waals surface area contributed by atoms with Gasteiger partial charge < -0.3 is 10.6 Å². The van der Waals surface area contributed by atoms with Gasteiger partial charge >= 0.3 is 0 Å². The van der Waals surface area contributed by atoms with Crippen molar-refractivity contribution >= 4 is 5.91 Å². The summed E-state index contributed by atoms with van der Waals surface area (Å²) < 4.78 is 0. The molecule has 3 nitrogen and oxygen atoms in total. The van der Waals surface area contributed by atoms with Crippen molar-refractivity contribution in [1.29, 1.82) is 0 Å². The third kappa shape index (κ3) is 3.34. The monoisotopic (exact) mass is 224 g/mol. The van der Waals surface area contributed by atoms with Gasteiger partial charge in [0.15, 0.2) is 0 Å². The smallest absolute Gasteiger partial charge is 0.242 e. The molecule has 0 aliphatic heterocycles. The Morgan fingerprint density at radius 1 is 1.44 bits per heavy atom. The van der Waals surface area contributed by atoms with Crippen molar-refractivity contribution < 1.29 is 4.79 Å². The molecule has 92 valence electrons. The van der Waals surface area contributed by atoms with Crippen LogP contribution in [-0.2, 0) is 4.79 Å². The standard InChI is InChI=1S/C13H24N2O/c1-3-4-8-11-15(2)12(16)13(14)9-6-5-7-10-13/h3H,1,4-11,14H2,2H3. The van der Waals surface area contributed by atoms with E-state index in [1.165, 1.54) is 6.42 Å². The lowest BCUT2D eigenvalue weighted by Crippen LogP contribution is -2.55. The van der Waals surface area contributed by atoms with Crippen LogP contribution in [0.5, 0.6) is 0 Å². The van der Waals surface area contributed by atoms with Crippen LogP contribution in [0.25, 0.3) is 0 Å². The van der Waals surface area contributed by atoms with Gasteiger partial charge in [-0.15, -0.1) is 6.58 Å². The number of unbranched alkanes of at least 4 members (excludes halogenated alkanes) is 1. The molecular formula is C13H24N2O. The Kier molecular flexibility index (Phi) is 5.00. The Morgan fingerprint density at radius 3 is 2.62 bits per heavy atom. The molecule has 0 bridgehead atoms. The lowest BCUT2D eigenvalue weighted by Gasteiger charge is -2.35. The number of amides is 1. The molecule has 1 rings (SSSR count). The van der Waals surface area contributed by atoms with E-state index in [9.17, 15) is 4.79 Å². The van der Waals surface area contributed by atoms with Gasteiger partial charge in [0.1, 0.15) is 0 Å². The molecule has 0 unspecified atom stereocenters. The molecule has 1 saturated carbocycles. The summed E-state index contributed by atoms with van der Waals surface area (Å²) in [6.45, 7) is 4.46.